The van der Waals surface area contributed by atoms with Gasteiger partial charge in [0, 0.05) is 16.8 Å². The molecule has 6 heteroatoms. The molecule has 106 valence electrons. The lowest BCUT2D eigenvalue weighted by molar-refractivity contribution is 0.560. The van der Waals surface area contributed by atoms with Gasteiger partial charge in [0.15, 0.2) is 0 Å². The first-order valence-electron chi connectivity index (χ1n) is 6.37. The average molecular weight is 299 g/mol. The Morgan fingerprint density at radius 2 is 2.19 bits per heavy atom. The topological polar surface area (TPSA) is 67.5 Å². The van der Waals surface area contributed by atoms with E-state index < -0.39 is 0 Å². The molecule has 21 heavy (non-hydrogen) atoms. The summed E-state index contributed by atoms with van der Waals surface area (Å²) in [5.74, 6) is 0. The van der Waals surface area contributed by atoms with Crippen LogP contribution >= 0.6 is 11.3 Å². The molecule has 0 saturated heterocycles. The van der Waals surface area contributed by atoms with E-state index in [1.807, 2.05) is 31.4 Å². The maximum absolute atomic E-state index is 11.4. The van der Waals surface area contributed by atoms with Crippen LogP contribution in [0.15, 0.2) is 44.0 Å². The number of hydrazone groups is 1. The highest BCUT2D eigenvalue weighted by Crippen LogP contribution is 2.17. The summed E-state index contributed by atoms with van der Waals surface area (Å²) in [5.41, 5.74) is 5.80. The van der Waals surface area contributed by atoms with Crippen LogP contribution in [0.5, 0.6) is 0 Å². The zero-order valence-electron chi connectivity index (χ0n) is 11.6. The molecule has 0 bridgehead atoms. The lowest BCUT2D eigenvalue weighted by Gasteiger charge is -2.01. The van der Waals surface area contributed by atoms with Crippen molar-refractivity contribution in [1.29, 1.82) is 0 Å². The van der Waals surface area contributed by atoms with Gasteiger partial charge in [0.25, 0.3) is 0 Å². The summed E-state index contributed by atoms with van der Waals surface area (Å²) in [6.07, 6.45) is 1.67. The van der Waals surface area contributed by atoms with E-state index in [4.69, 9.17) is 4.42 Å². The molecule has 0 aliphatic heterocycles. The molecule has 0 fully saturated rings. The highest BCUT2D eigenvalue weighted by atomic mass is 32.1. The van der Waals surface area contributed by atoms with Gasteiger partial charge in [0.1, 0.15) is 5.58 Å². The predicted molar refractivity (Wildman–Crippen MR) is 85.3 cm³/mol. The minimum atomic E-state index is -0.342. The molecule has 2 heterocycles. The van der Waals surface area contributed by atoms with Crippen LogP contribution in [0.3, 0.4) is 0 Å². The van der Waals surface area contributed by atoms with Gasteiger partial charge in [-0.3, -0.25) is 5.43 Å². The van der Waals surface area contributed by atoms with E-state index in [1.165, 1.54) is 17.4 Å². The maximum atomic E-state index is 11.4. The van der Waals surface area contributed by atoms with Gasteiger partial charge in [-0.05, 0) is 31.0 Å². The first-order chi connectivity index (χ1) is 10.1. The summed E-state index contributed by atoms with van der Waals surface area (Å²) in [4.78, 5) is 15.6. The smallest absolute Gasteiger partial charge is 0.336 e. The number of rotatable bonds is 3. The molecule has 0 spiro atoms. The van der Waals surface area contributed by atoms with Crippen LogP contribution in [0.4, 0.5) is 5.13 Å². The van der Waals surface area contributed by atoms with Gasteiger partial charge in [0.2, 0.25) is 5.13 Å². The second-order valence-corrected chi connectivity index (χ2v) is 5.53. The van der Waals surface area contributed by atoms with Crippen molar-refractivity contribution in [1.82, 2.24) is 4.98 Å². The van der Waals surface area contributed by atoms with Crippen LogP contribution in [0.1, 0.15) is 16.8 Å². The van der Waals surface area contributed by atoms with Crippen molar-refractivity contribution >= 4 is 33.7 Å². The summed E-state index contributed by atoms with van der Waals surface area (Å²) >= 11 is 1.50. The molecule has 5 nitrogen and oxygen atoms in total. The second-order valence-electron chi connectivity index (χ2n) is 4.67. The van der Waals surface area contributed by atoms with Crippen LogP contribution in [0.25, 0.3) is 11.0 Å². The summed E-state index contributed by atoms with van der Waals surface area (Å²) in [6, 6.07) is 7.13. The normalized spacial score (nSPS) is 11.3. The Morgan fingerprint density at radius 3 is 2.95 bits per heavy atom. The Labute approximate surface area is 125 Å². The Bertz CT molecular complexity index is 880. The molecule has 0 atom stereocenters. The first kappa shape index (κ1) is 13.5. The molecule has 3 aromatic rings. The first-order valence-corrected chi connectivity index (χ1v) is 7.25. The Kier molecular flexibility index (Phi) is 3.53. The van der Waals surface area contributed by atoms with Crippen molar-refractivity contribution < 1.29 is 4.42 Å². The molecule has 0 radical (unpaired) electrons. The van der Waals surface area contributed by atoms with E-state index >= 15 is 0 Å². The number of nitrogens with one attached hydrogen (secondary N) is 1. The Hall–Kier alpha value is -2.47. The van der Waals surface area contributed by atoms with Crippen molar-refractivity contribution in [3.05, 3.63) is 56.9 Å². The number of aryl methyl sites for hydroxylation is 2. The molecule has 2 aromatic heterocycles. The molecule has 1 N–H and O–H groups in total. The third kappa shape index (κ3) is 3.00. The molecule has 0 aliphatic rings. The van der Waals surface area contributed by atoms with Gasteiger partial charge in [-0.25, -0.2) is 9.78 Å². The summed E-state index contributed by atoms with van der Waals surface area (Å²) in [5, 5.41) is 7.75. The van der Waals surface area contributed by atoms with E-state index in [1.54, 1.807) is 12.3 Å². The van der Waals surface area contributed by atoms with Crippen molar-refractivity contribution in [2.45, 2.75) is 13.8 Å². The van der Waals surface area contributed by atoms with E-state index in [0.717, 1.165) is 27.3 Å². The summed E-state index contributed by atoms with van der Waals surface area (Å²) in [6.45, 7) is 3.82. The number of nitrogens with zero attached hydrogens (tertiary/aromatic N) is 2. The summed E-state index contributed by atoms with van der Waals surface area (Å²) in [7, 11) is 0. The number of hydrogen-bond donors (Lipinski definition) is 1. The van der Waals surface area contributed by atoms with Gasteiger partial charge in [-0.2, -0.15) is 5.10 Å². The fraction of sp³-hybridized carbons (Fsp3) is 0.133. The number of fused-ring (bicyclic) bond motifs is 1. The van der Waals surface area contributed by atoms with Crippen LogP contribution in [-0.2, 0) is 0 Å². The van der Waals surface area contributed by atoms with Gasteiger partial charge in [0.05, 0.1) is 11.9 Å². The monoisotopic (exact) mass is 299 g/mol. The standard InChI is InChI=1S/C15H13N3O2S/c1-9-5-14(19)20-13-6-11(3-4-12(9)13)7-16-18-15-17-10(2)8-21-15/h3-8H,1-2H3,(H,17,18). The lowest BCUT2D eigenvalue weighted by Crippen LogP contribution is -1.98. The average Bonchev–Trinajstić information content (AvgIpc) is 2.84. The van der Waals surface area contributed by atoms with Crippen molar-refractivity contribution in [2.24, 2.45) is 5.10 Å². The predicted octanol–water partition coefficient (Wildman–Crippen LogP) is 3.31. The van der Waals surface area contributed by atoms with Crippen molar-refractivity contribution in [2.75, 3.05) is 5.43 Å². The molecule has 0 aliphatic carbocycles. The third-order valence-corrected chi connectivity index (χ3v) is 3.83. The van der Waals surface area contributed by atoms with Crippen molar-refractivity contribution in [3.63, 3.8) is 0 Å². The van der Waals surface area contributed by atoms with Crippen LogP contribution in [-0.4, -0.2) is 11.2 Å². The third-order valence-electron chi connectivity index (χ3n) is 2.97. The molecular formula is C15H13N3O2S. The minimum absolute atomic E-state index is 0.342. The Balaban J connectivity index is 1.85. The van der Waals surface area contributed by atoms with Gasteiger partial charge in [-0.15, -0.1) is 11.3 Å². The highest BCUT2D eigenvalue weighted by Gasteiger charge is 2.02. The zero-order valence-corrected chi connectivity index (χ0v) is 12.4. The van der Waals surface area contributed by atoms with E-state index in [9.17, 15) is 4.79 Å². The number of aromatic nitrogens is 1. The van der Waals surface area contributed by atoms with Crippen molar-refractivity contribution in [3.8, 4) is 0 Å². The molecule has 0 saturated carbocycles. The second kappa shape index (κ2) is 5.49. The maximum Gasteiger partial charge on any atom is 0.336 e. The van der Waals surface area contributed by atoms with E-state index in [0.29, 0.717) is 5.58 Å². The van der Waals surface area contributed by atoms with Gasteiger partial charge < -0.3 is 4.42 Å². The van der Waals surface area contributed by atoms with Crippen LogP contribution in [0, 0.1) is 13.8 Å². The quantitative estimate of drug-likeness (QED) is 0.458. The number of benzene rings is 1. The minimum Gasteiger partial charge on any atom is -0.423 e. The van der Waals surface area contributed by atoms with Crippen LogP contribution in [0.2, 0.25) is 0 Å². The largest absolute Gasteiger partial charge is 0.423 e. The lowest BCUT2D eigenvalue weighted by atomic mass is 10.1. The number of hydrogen-bond acceptors (Lipinski definition) is 6. The van der Waals surface area contributed by atoms with E-state index in [2.05, 4.69) is 15.5 Å². The number of thiazole rings is 1. The fourth-order valence-corrected chi connectivity index (χ4v) is 2.63. The fourth-order valence-electron chi connectivity index (χ4n) is 1.99. The molecule has 1 aromatic carbocycles. The van der Waals surface area contributed by atoms with Gasteiger partial charge >= 0.3 is 5.63 Å². The Morgan fingerprint density at radius 1 is 1.33 bits per heavy atom. The van der Waals surface area contributed by atoms with Crippen LogP contribution < -0.4 is 11.1 Å². The number of anilines is 1. The van der Waals surface area contributed by atoms with Gasteiger partial charge in [-0.1, -0.05) is 12.1 Å². The highest BCUT2D eigenvalue weighted by molar-refractivity contribution is 7.13. The molecule has 0 unspecified atom stereocenters. The van der Waals surface area contributed by atoms with E-state index in [-0.39, 0.29) is 5.63 Å². The molecule has 0 amide bonds. The molecular weight excluding hydrogens is 286 g/mol. The SMILES string of the molecule is Cc1csc(NN=Cc2ccc3c(C)cc(=O)oc3c2)n1. The summed E-state index contributed by atoms with van der Waals surface area (Å²) < 4.78 is 5.20. The molecule has 3 rings (SSSR count). The zero-order chi connectivity index (χ0) is 14.8.